The van der Waals surface area contributed by atoms with E-state index in [1.165, 1.54) is 12.1 Å². The number of aromatic nitrogens is 1. The molecule has 0 fully saturated rings. The maximum Gasteiger partial charge on any atom is 0.175 e. The van der Waals surface area contributed by atoms with Crippen LogP contribution in [0, 0.1) is 5.82 Å². The Morgan fingerprint density at radius 2 is 1.90 bits per heavy atom. The predicted molar refractivity (Wildman–Crippen MR) is 80.3 cm³/mol. The molecule has 0 aliphatic heterocycles. The number of halogens is 1. The van der Waals surface area contributed by atoms with E-state index in [1.54, 1.807) is 18.4 Å². The zero-order valence-electron chi connectivity index (χ0n) is 10.3. The molecule has 0 saturated carbocycles. The normalized spacial score (nSPS) is 10.4. The molecule has 2 N–H and O–H groups in total. The van der Waals surface area contributed by atoms with Gasteiger partial charge in [-0.05, 0) is 48.6 Å². The van der Waals surface area contributed by atoms with Crippen molar-refractivity contribution in [2.45, 2.75) is 0 Å². The quantitative estimate of drug-likeness (QED) is 0.703. The van der Waals surface area contributed by atoms with E-state index in [2.05, 4.69) is 15.8 Å². The molecule has 6 heteroatoms. The van der Waals surface area contributed by atoms with E-state index in [0.717, 1.165) is 16.6 Å². The van der Waals surface area contributed by atoms with Crippen LogP contribution in [0.15, 0.2) is 53.3 Å². The summed E-state index contributed by atoms with van der Waals surface area (Å²) in [6, 6.07) is 11.6. The van der Waals surface area contributed by atoms with Crippen molar-refractivity contribution in [3.05, 3.63) is 54.5 Å². The first kappa shape index (κ1) is 12.6. The van der Waals surface area contributed by atoms with Gasteiger partial charge in [-0.2, -0.15) is 0 Å². The average Bonchev–Trinajstić information content (AvgIpc) is 2.86. The van der Waals surface area contributed by atoms with Crippen LogP contribution in [0.2, 0.25) is 0 Å². The molecule has 0 aliphatic rings. The third kappa shape index (κ3) is 2.75. The molecule has 0 unspecified atom stereocenters. The number of benzene rings is 2. The van der Waals surface area contributed by atoms with E-state index in [-0.39, 0.29) is 5.82 Å². The number of hydrogen-bond acceptors (Lipinski definition) is 3. The van der Waals surface area contributed by atoms with Crippen molar-refractivity contribution in [3.8, 4) is 0 Å². The number of rotatable bonds is 2. The third-order valence-corrected chi connectivity index (χ3v) is 2.91. The van der Waals surface area contributed by atoms with Gasteiger partial charge in [0.1, 0.15) is 17.6 Å². The van der Waals surface area contributed by atoms with Gasteiger partial charge >= 0.3 is 0 Å². The third-order valence-electron chi connectivity index (χ3n) is 2.70. The molecule has 0 amide bonds. The van der Waals surface area contributed by atoms with Gasteiger partial charge in [-0.25, -0.2) is 4.39 Å². The van der Waals surface area contributed by atoms with Crippen molar-refractivity contribution in [3.63, 3.8) is 0 Å². The first-order valence-electron chi connectivity index (χ1n) is 5.88. The summed E-state index contributed by atoms with van der Waals surface area (Å²) in [5, 5.41) is 11.1. The lowest BCUT2D eigenvalue weighted by molar-refractivity contribution is 0.428. The Morgan fingerprint density at radius 3 is 2.70 bits per heavy atom. The second-order valence-corrected chi connectivity index (χ2v) is 4.59. The van der Waals surface area contributed by atoms with Crippen LogP contribution in [0.25, 0.3) is 10.9 Å². The van der Waals surface area contributed by atoms with Crippen molar-refractivity contribution in [1.29, 1.82) is 0 Å². The monoisotopic (exact) mass is 287 g/mol. The lowest BCUT2D eigenvalue weighted by atomic mass is 10.2. The Bertz CT molecular complexity index is 772. The summed E-state index contributed by atoms with van der Waals surface area (Å²) < 4.78 is 17.9. The molecule has 3 aromatic rings. The predicted octanol–water partition coefficient (Wildman–Crippen LogP) is 3.78. The van der Waals surface area contributed by atoms with E-state index in [0.29, 0.717) is 10.8 Å². The van der Waals surface area contributed by atoms with Crippen molar-refractivity contribution >= 4 is 39.6 Å². The van der Waals surface area contributed by atoms with Gasteiger partial charge in [-0.3, -0.25) is 0 Å². The Balaban J connectivity index is 1.72. The first-order chi connectivity index (χ1) is 9.70. The second kappa shape index (κ2) is 5.26. The van der Waals surface area contributed by atoms with Crippen molar-refractivity contribution in [2.24, 2.45) is 0 Å². The van der Waals surface area contributed by atoms with E-state index in [9.17, 15) is 4.39 Å². The van der Waals surface area contributed by atoms with Crippen LogP contribution in [0.1, 0.15) is 0 Å². The lowest BCUT2D eigenvalue weighted by Crippen LogP contribution is -2.19. The number of thiocarbonyl (C=S) groups is 1. The summed E-state index contributed by atoms with van der Waals surface area (Å²) in [7, 11) is 0. The molecular formula is C14H10FN3OS. The number of fused-ring (bicyclic) bond motifs is 1. The minimum Gasteiger partial charge on any atom is -0.364 e. The highest BCUT2D eigenvalue weighted by molar-refractivity contribution is 7.80. The molecule has 2 aromatic carbocycles. The van der Waals surface area contributed by atoms with Gasteiger partial charge in [0.05, 0.1) is 0 Å². The SMILES string of the molecule is Fc1cccc(NC(=S)Nc2ccc3conc3c2)c1. The number of anilines is 2. The molecule has 0 bridgehead atoms. The summed E-state index contributed by atoms with van der Waals surface area (Å²) in [6.07, 6.45) is 1.57. The van der Waals surface area contributed by atoms with Crippen LogP contribution in [0.3, 0.4) is 0 Å². The Morgan fingerprint density at radius 1 is 1.10 bits per heavy atom. The fourth-order valence-corrected chi connectivity index (χ4v) is 2.04. The van der Waals surface area contributed by atoms with Crippen molar-refractivity contribution < 1.29 is 8.91 Å². The number of hydrogen-bond donors (Lipinski definition) is 2. The molecule has 0 radical (unpaired) electrons. The summed E-state index contributed by atoms with van der Waals surface area (Å²) in [5.74, 6) is -0.318. The molecule has 0 spiro atoms. The van der Waals surface area contributed by atoms with Crippen LogP contribution in [0.4, 0.5) is 15.8 Å². The molecule has 20 heavy (non-hydrogen) atoms. The molecule has 4 nitrogen and oxygen atoms in total. The molecule has 0 saturated heterocycles. The standard InChI is InChI=1S/C14H10FN3OS/c15-10-2-1-3-11(6-10)16-14(20)17-12-5-4-9-8-19-18-13(9)7-12/h1-8H,(H2,16,17,20). The topological polar surface area (TPSA) is 50.1 Å². The van der Waals surface area contributed by atoms with Gasteiger partial charge in [-0.15, -0.1) is 0 Å². The van der Waals surface area contributed by atoms with E-state index in [4.69, 9.17) is 16.7 Å². The lowest BCUT2D eigenvalue weighted by Gasteiger charge is -2.10. The minimum atomic E-state index is -0.318. The minimum absolute atomic E-state index is 0.318. The molecule has 0 aliphatic carbocycles. The second-order valence-electron chi connectivity index (χ2n) is 4.18. The summed E-state index contributed by atoms with van der Waals surface area (Å²) >= 11 is 5.17. The van der Waals surface area contributed by atoms with E-state index < -0.39 is 0 Å². The van der Waals surface area contributed by atoms with Crippen LogP contribution >= 0.6 is 12.2 Å². The van der Waals surface area contributed by atoms with Gasteiger partial charge in [-0.1, -0.05) is 11.2 Å². The highest BCUT2D eigenvalue weighted by Gasteiger charge is 2.03. The number of nitrogens with zero attached hydrogens (tertiary/aromatic N) is 1. The summed E-state index contributed by atoms with van der Waals surface area (Å²) in [4.78, 5) is 0. The smallest absolute Gasteiger partial charge is 0.175 e. The first-order valence-corrected chi connectivity index (χ1v) is 6.29. The molecule has 100 valence electrons. The Labute approximate surface area is 119 Å². The molecule has 3 rings (SSSR count). The maximum atomic E-state index is 13.1. The fourth-order valence-electron chi connectivity index (χ4n) is 1.80. The van der Waals surface area contributed by atoms with Crippen LogP contribution in [0.5, 0.6) is 0 Å². The van der Waals surface area contributed by atoms with Gasteiger partial charge in [0, 0.05) is 16.8 Å². The van der Waals surface area contributed by atoms with Crippen LogP contribution in [-0.4, -0.2) is 10.3 Å². The Kier molecular flexibility index (Phi) is 3.30. The average molecular weight is 287 g/mol. The fraction of sp³-hybridized carbons (Fsp3) is 0. The van der Waals surface area contributed by atoms with E-state index >= 15 is 0 Å². The van der Waals surface area contributed by atoms with Gasteiger partial charge in [0.2, 0.25) is 0 Å². The van der Waals surface area contributed by atoms with Crippen molar-refractivity contribution in [2.75, 3.05) is 10.6 Å². The number of nitrogens with one attached hydrogen (secondary N) is 2. The van der Waals surface area contributed by atoms with Crippen molar-refractivity contribution in [1.82, 2.24) is 5.16 Å². The van der Waals surface area contributed by atoms with Gasteiger partial charge < -0.3 is 15.2 Å². The molecule has 1 aromatic heterocycles. The zero-order valence-corrected chi connectivity index (χ0v) is 11.1. The van der Waals surface area contributed by atoms with Gasteiger partial charge in [0.25, 0.3) is 0 Å². The zero-order chi connectivity index (χ0) is 13.9. The summed E-state index contributed by atoms with van der Waals surface area (Å²) in [5.41, 5.74) is 2.11. The molecular weight excluding hydrogens is 277 g/mol. The van der Waals surface area contributed by atoms with Crippen LogP contribution in [-0.2, 0) is 0 Å². The largest absolute Gasteiger partial charge is 0.364 e. The van der Waals surface area contributed by atoms with Gasteiger partial charge in [0.15, 0.2) is 5.11 Å². The van der Waals surface area contributed by atoms with Crippen LogP contribution < -0.4 is 10.6 Å². The molecule has 1 heterocycles. The highest BCUT2D eigenvalue weighted by Crippen LogP contribution is 2.18. The maximum absolute atomic E-state index is 13.1. The highest BCUT2D eigenvalue weighted by atomic mass is 32.1. The summed E-state index contributed by atoms with van der Waals surface area (Å²) in [6.45, 7) is 0. The van der Waals surface area contributed by atoms with E-state index in [1.807, 2.05) is 18.2 Å². The Hall–Kier alpha value is -2.47. The molecule has 0 atom stereocenters.